The smallest absolute Gasteiger partial charge is 0.269 e. The van der Waals surface area contributed by atoms with Crippen molar-refractivity contribution in [2.24, 2.45) is 0 Å². The molecule has 1 fully saturated rings. The Hall–Kier alpha value is -1.50. The maximum Gasteiger partial charge on any atom is 0.269 e. The molecule has 0 bridgehead atoms. The number of hydrogen-bond acceptors (Lipinski definition) is 5. The third kappa shape index (κ3) is 3.99. The average Bonchev–Trinajstić information content (AvgIpc) is 2.83. The number of hydrogen-bond donors (Lipinski definition) is 2. The standard InChI is InChI=1S/C13H18N2O4/c16-13(6-8-19-10-13)9-14-7-5-11-1-3-12(4-2-11)15(17)18/h1-4,14,16H,5-10H2. The first kappa shape index (κ1) is 13.9. The normalized spacial score (nSPS) is 22.6. The van der Waals surface area contributed by atoms with Crippen molar-refractivity contribution in [2.45, 2.75) is 18.4 Å². The predicted octanol–water partition coefficient (Wildman–Crippen LogP) is 0.878. The van der Waals surface area contributed by atoms with E-state index in [0.29, 0.717) is 26.2 Å². The van der Waals surface area contributed by atoms with E-state index < -0.39 is 10.5 Å². The second-order valence-corrected chi connectivity index (χ2v) is 4.88. The summed E-state index contributed by atoms with van der Waals surface area (Å²) in [5.74, 6) is 0. The zero-order chi connectivity index (χ0) is 13.7. The van der Waals surface area contributed by atoms with Gasteiger partial charge in [0, 0.05) is 31.7 Å². The number of nitrogens with one attached hydrogen (secondary N) is 1. The van der Waals surface area contributed by atoms with Gasteiger partial charge in [-0.2, -0.15) is 0 Å². The fraction of sp³-hybridized carbons (Fsp3) is 0.538. The van der Waals surface area contributed by atoms with Crippen molar-refractivity contribution in [3.05, 3.63) is 39.9 Å². The number of benzene rings is 1. The van der Waals surface area contributed by atoms with Crippen LogP contribution in [-0.4, -0.2) is 41.9 Å². The summed E-state index contributed by atoms with van der Waals surface area (Å²) in [5, 5.41) is 23.7. The van der Waals surface area contributed by atoms with Gasteiger partial charge in [0.1, 0.15) is 5.60 Å². The summed E-state index contributed by atoms with van der Waals surface area (Å²) in [6, 6.07) is 6.53. The first-order valence-corrected chi connectivity index (χ1v) is 6.33. The summed E-state index contributed by atoms with van der Waals surface area (Å²) in [6.45, 7) is 2.23. The molecule has 1 aliphatic heterocycles. The molecule has 1 saturated heterocycles. The quantitative estimate of drug-likeness (QED) is 0.453. The van der Waals surface area contributed by atoms with E-state index in [1.165, 1.54) is 12.1 Å². The van der Waals surface area contributed by atoms with Crippen molar-refractivity contribution in [3.8, 4) is 0 Å². The van der Waals surface area contributed by atoms with Gasteiger partial charge in [-0.3, -0.25) is 10.1 Å². The maximum absolute atomic E-state index is 10.5. The number of non-ortho nitro benzene ring substituents is 1. The van der Waals surface area contributed by atoms with Gasteiger partial charge in [-0.15, -0.1) is 0 Å². The van der Waals surface area contributed by atoms with Gasteiger partial charge in [0.25, 0.3) is 5.69 Å². The highest BCUT2D eigenvalue weighted by Crippen LogP contribution is 2.17. The Labute approximate surface area is 111 Å². The largest absolute Gasteiger partial charge is 0.386 e. The zero-order valence-corrected chi connectivity index (χ0v) is 10.7. The van der Waals surface area contributed by atoms with E-state index >= 15 is 0 Å². The van der Waals surface area contributed by atoms with Crippen LogP contribution in [0.1, 0.15) is 12.0 Å². The van der Waals surface area contributed by atoms with Gasteiger partial charge in [-0.05, 0) is 18.5 Å². The van der Waals surface area contributed by atoms with E-state index in [0.717, 1.165) is 18.5 Å². The number of nitro benzene ring substituents is 1. The SMILES string of the molecule is O=[N+]([O-])c1ccc(CCNCC2(O)CCOC2)cc1. The van der Waals surface area contributed by atoms with Crippen molar-refractivity contribution in [3.63, 3.8) is 0 Å². The van der Waals surface area contributed by atoms with Crippen LogP contribution in [-0.2, 0) is 11.2 Å². The van der Waals surface area contributed by atoms with Crippen LogP contribution in [0.4, 0.5) is 5.69 Å². The molecule has 104 valence electrons. The molecule has 19 heavy (non-hydrogen) atoms. The Morgan fingerprint density at radius 2 is 2.16 bits per heavy atom. The molecule has 6 heteroatoms. The lowest BCUT2D eigenvalue weighted by molar-refractivity contribution is -0.384. The van der Waals surface area contributed by atoms with E-state index in [1.807, 2.05) is 0 Å². The minimum Gasteiger partial charge on any atom is -0.386 e. The lowest BCUT2D eigenvalue weighted by Crippen LogP contribution is -2.41. The highest BCUT2D eigenvalue weighted by Gasteiger charge is 2.31. The highest BCUT2D eigenvalue weighted by atomic mass is 16.6. The number of nitro groups is 1. The number of ether oxygens (including phenoxy) is 1. The summed E-state index contributed by atoms with van der Waals surface area (Å²) in [7, 11) is 0. The molecule has 2 rings (SSSR count). The molecule has 0 aliphatic carbocycles. The second-order valence-electron chi connectivity index (χ2n) is 4.88. The molecular weight excluding hydrogens is 248 g/mol. The highest BCUT2D eigenvalue weighted by molar-refractivity contribution is 5.32. The second kappa shape index (κ2) is 6.10. The van der Waals surface area contributed by atoms with Gasteiger partial charge < -0.3 is 15.2 Å². The molecule has 1 aliphatic rings. The number of nitrogens with zero attached hydrogens (tertiary/aromatic N) is 1. The number of aliphatic hydroxyl groups is 1. The molecular formula is C13H18N2O4. The molecule has 1 heterocycles. The molecule has 0 amide bonds. The molecule has 1 aromatic rings. The Bertz CT molecular complexity index is 427. The van der Waals surface area contributed by atoms with Crippen molar-refractivity contribution in [2.75, 3.05) is 26.3 Å². The summed E-state index contributed by atoms with van der Waals surface area (Å²) in [5.41, 5.74) is 0.400. The summed E-state index contributed by atoms with van der Waals surface area (Å²) in [4.78, 5) is 10.1. The molecule has 0 saturated carbocycles. The van der Waals surface area contributed by atoms with Crippen molar-refractivity contribution in [1.82, 2.24) is 5.32 Å². The minimum absolute atomic E-state index is 0.106. The minimum atomic E-state index is -0.741. The fourth-order valence-electron chi connectivity index (χ4n) is 2.07. The number of rotatable bonds is 6. The van der Waals surface area contributed by atoms with Crippen LogP contribution in [0.5, 0.6) is 0 Å². The van der Waals surface area contributed by atoms with Crippen LogP contribution in [0.25, 0.3) is 0 Å². The molecule has 1 aromatic carbocycles. The van der Waals surface area contributed by atoms with Crippen molar-refractivity contribution < 1.29 is 14.8 Å². The van der Waals surface area contributed by atoms with E-state index in [4.69, 9.17) is 4.74 Å². The molecule has 1 atom stereocenters. The monoisotopic (exact) mass is 266 g/mol. The van der Waals surface area contributed by atoms with Crippen LogP contribution in [0.15, 0.2) is 24.3 Å². The summed E-state index contributed by atoms with van der Waals surface area (Å²) in [6.07, 6.45) is 1.44. The van der Waals surface area contributed by atoms with Crippen molar-refractivity contribution >= 4 is 5.69 Å². The van der Waals surface area contributed by atoms with E-state index in [1.54, 1.807) is 12.1 Å². The molecule has 0 aromatic heterocycles. The van der Waals surface area contributed by atoms with Crippen LogP contribution in [0, 0.1) is 10.1 Å². The van der Waals surface area contributed by atoms with E-state index in [2.05, 4.69) is 5.32 Å². The average molecular weight is 266 g/mol. The van der Waals surface area contributed by atoms with Gasteiger partial charge in [-0.1, -0.05) is 12.1 Å². The molecule has 0 spiro atoms. The maximum atomic E-state index is 10.5. The van der Waals surface area contributed by atoms with Crippen LogP contribution in [0.2, 0.25) is 0 Å². The zero-order valence-electron chi connectivity index (χ0n) is 10.7. The third-order valence-corrected chi connectivity index (χ3v) is 3.27. The Morgan fingerprint density at radius 1 is 1.42 bits per heavy atom. The first-order chi connectivity index (χ1) is 9.09. The Balaban J connectivity index is 1.72. The molecule has 0 radical (unpaired) electrons. The van der Waals surface area contributed by atoms with Gasteiger partial charge in [-0.25, -0.2) is 0 Å². The van der Waals surface area contributed by atoms with Crippen LogP contribution < -0.4 is 5.32 Å². The lowest BCUT2D eigenvalue weighted by atomic mass is 10.0. The first-order valence-electron chi connectivity index (χ1n) is 6.33. The third-order valence-electron chi connectivity index (χ3n) is 3.27. The van der Waals surface area contributed by atoms with Gasteiger partial charge in [0.2, 0.25) is 0 Å². The topological polar surface area (TPSA) is 84.6 Å². The molecule has 1 unspecified atom stereocenters. The van der Waals surface area contributed by atoms with Gasteiger partial charge in [0.05, 0.1) is 11.5 Å². The molecule has 2 N–H and O–H groups in total. The van der Waals surface area contributed by atoms with Crippen molar-refractivity contribution in [1.29, 1.82) is 0 Å². The van der Waals surface area contributed by atoms with Crippen LogP contribution in [0.3, 0.4) is 0 Å². The summed E-state index contributed by atoms with van der Waals surface area (Å²) >= 11 is 0. The van der Waals surface area contributed by atoms with E-state index in [9.17, 15) is 15.2 Å². The predicted molar refractivity (Wildman–Crippen MR) is 70.1 cm³/mol. The Morgan fingerprint density at radius 3 is 2.74 bits per heavy atom. The van der Waals surface area contributed by atoms with Crippen LogP contribution >= 0.6 is 0 Å². The Kier molecular flexibility index (Phi) is 4.47. The van der Waals surface area contributed by atoms with E-state index in [-0.39, 0.29) is 5.69 Å². The lowest BCUT2D eigenvalue weighted by Gasteiger charge is -2.20. The fourth-order valence-corrected chi connectivity index (χ4v) is 2.07. The van der Waals surface area contributed by atoms with Gasteiger partial charge in [0.15, 0.2) is 0 Å². The summed E-state index contributed by atoms with van der Waals surface area (Å²) < 4.78 is 5.16. The van der Waals surface area contributed by atoms with Gasteiger partial charge >= 0.3 is 0 Å². The molecule has 6 nitrogen and oxygen atoms in total.